The van der Waals surface area contributed by atoms with Crippen LogP contribution in [-0.4, -0.2) is 45.5 Å². The third-order valence-corrected chi connectivity index (χ3v) is 4.68. The van der Waals surface area contributed by atoms with Crippen molar-refractivity contribution in [1.82, 2.24) is 30.0 Å². The van der Waals surface area contributed by atoms with Crippen molar-refractivity contribution in [3.63, 3.8) is 0 Å². The number of hydrogen-bond donors (Lipinski definition) is 1. The van der Waals surface area contributed by atoms with Gasteiger partial charge >= 0.3 is 0 Å². The summed E-state index contributed by atoms with van der Waals surface area (Å²) in [5.41, 5.74) is 3.69. The summed E-state index contributed by atoms with van der Waals surface area (Å²) < 4.78 is 12.5. The van der Waals surface area contributed by atoms with Crippen LogP contribution in [-0.2, 0) is 17.8 Å². The van der Waals surface area contributed by atoms with Gasteiger partial charge in [0, 0.05) is 43.6 Å². The highest BCUT2D eigenvalue weighted by Gasteiger charge is 2.13. The van der Waals surface area contributed by atoms with Gasteiger partial charge in [0.1, 0.15) is 5.69 Å². The van der Waals surface area contributed by atoms with Crippen molar-refractivity contribution in [1.29, 1.82) is 0 Å². The first-order chi connectivity index (χ1) is 15.2. The van der Waals surface area contributed by atoms with Gasteiger partial charge in [0.25, 0.3) is 11.4 Å². The monoisotopic (exact) mass is 418 g/mol. The fourth-order valence-electron chi connectivity index (χ4n) is 3.07. The Balaban J connectivity index is 1.60. The normalized spacial score (nSPS) is 11.0. The van der Waals surface area contributed by atoms with Gasteiger partial charge in [-0.15, -0.1) is 10.2 Å². The van der Waals surface area contributed by atoms with E-state index in [1.807, 2.05) is 31.3 Å². The number of pyridine rings is 1. The van der Waals surface area contributed by atoms with Crippen molar-refractivity contribution in [2.75, 3.05) is 20.8 Å². The van der Waals surface area contributed by atoms with E-state index >= 15 is 0 Å². The zero-order valence-electron chi connectivity index (χ0n) is 17.3. The van der Waals surface area contributed by atoms with Crippen molar-refractivity contribution in [3.05, 3.63) is 70.9 Å². The first-order valence-corrected chi connectivity index (χ1v) is 9.77. The molecule has 0 aliphatic rings. The highest BCUT2D eigenvalue weighted by Crippen LogP contribution is 2.24. The van der Waals surface area contributed by atoms with E-state index in [4.69, 9.17) is 9.15 Å². The van der Waals surface area contributed by atoms with Gasteiger partial charge in [-0.3, -0.25) is 9.78 Å². The number of rotatable bonds is 8. The molecule has 0 aliphatic carbocycles. The van der Waals surface area contributed by atoms with Crippen LogP contribution >= 0.6 is 0 Å². The largest absolute Gasteiger partial charge is 0.415 e. The molecule has 0 unspecified atom stereocenters. The molecule has 0 fully saturated rings. The maximum absolute atomic E-state index is 12.0. The molecule has 0 radical (unpaired) electrons. The zero-order chi connectivity index (χ0) is 21.6. The number of benzene rings is 1. The average molecular weight is 418 g/mol. The predicted molar refractivity (Wildman–Crippen MR) is 115 cm³/mol. The molecule has 0 spiro atoms. The quantitative estimate of drug-likeness (QED) is 0.465. The van der Waals surface area contributed by atoms with Gasteiger partial charge < -0.3 is 19.0 Å². The number of hydrogen-bond acceptors (Lipinski definition) is 8. The Morgan fingerprint density at radius 2 is 1.74 bits per heavy atom. The maximum atomic E-state index is 12.0. The summed E-state index contributed by atoms with van der Waals surface area (Å²) in [7, 11) is 3.50. The lowest BCUT2D eigenvalue weighted by Gasteiger charge is -2.07. The lowest BCUT2D eigenvalue weighted by molar-refractivity contribution is 0.186. The summed E-state index contributed by atoms with van der Waals surface area (Å²) in [4.78, 5) is 20.9. The van der Waals surface area contributed by atoms with Crippen LogP contribution in [0, 0.1) is 0 Å². The van der Waals surface area contributed by atoms with Gasteiger partial charge in [-0.05, 0) is 30.8 Å². The molecule has 0 aliphatic heterocycles. The molecule has 4 rings (SSSR count). The molecule has 0 bridgehead atoms. The molecule has 0 amide bonds. The first-order valence-electron chi connectivity index (χ1n) is 9.77. The third kappa shape index (κ3) is 4.73. The van der Waals surface area contributed by atoms with Gasteiger partial charge in [-0.2, -0.15) is 0 Å². The van der Waals surface area contributed by atoms with Crippen LogP contribution in [0.4, 0.5) is 0 Å². The summed E-state index contributed by atoms with van der Waals surface area (Å²) in [6.07, 6.45) is 4.93. The maximum Gasteiger partial charge on any atom is 0.268 e. The first kappa shape index (κ1) is 20.6. The Bertz CT molecular complexity index is 1220. The van der Waals surface area contributed by atoms with E-state index in [2.05, 4.69) is 25.5 Å². The number of aromatic nitrogens is 5. The molecule has 0 saturated carbocycles. The molecule has 4 aromatic rings. The molecule has 0 atom stereocenters. The molecule has 1 aromatic carbocycles. The highest BCUT2D eigenvalue weighted by atomic mass is 16.5. The lowest BCUT2D eigenvalue weighted by atomic mass is 10.1. The van der Waals surface area contributed by atoms with Crippen LogP contribution in [0.15, 0.2) is 64.2 Å². The standard InChI is InChI=1S/C22H22N6O3/c1-23-11-15-3-5-16(6-4-15)21-26-27-22(31-21)19-13-24-12-18(25-19)17-7-8-20(29)28(14-17)9-10-30-2/h3-8,12-14,23H,9-11H2,1-2H3. The fraction of sp³-hybridized carbons (Fsp3) is 0.227. The van der Waals surface area contributed by atoms with Gasteiger partial charge in [-0.1, -0.05) is 12.1 Å². The van der Waals surface area contributed by atoms with E-state index in [1.54, 1.807) is 36.3 Å². The summed E-state index contributed by atoms with van der Waals surface area (Å²) in [5, 5.41) is 11.4. The van der Waals surface area contributed by atoms with Crippen LogP contribution in [0.3, 0.4) is 0 Å². The summed E-state index contributed by atoms with van der Waals surface area (Å²) in [5.74, 6) is 0.683. The second-order valence-electron chi connectivity index (χ2n) is 6.87. The minimum Gasteiger partial charge on any atom is -0.415 e. The van der Waals surface area contributed by atoms with Crippen LogP contribution < -0.4 is 10.9 Å². The lowest BCUT2D eigenvalue weighted by Crippen LogP contribution is -2.20. The van der Waals surface area contributed by atoms with Gasteiger partial charge in [0.2, 0.25) is 5.89 Å². The summed E-state index contributed by atoms with van der Waals surface area (Å²) in [6, 6.07) is 11.1. The molecular formula is C22H22N6O3. The SMILES string of the molecule is CNCc1ccc(-c2nnc(-c3cncc(-c4ccc(=O)n(CCOC)c4)n3)o2)cc1. The Morgan fingerprint density at radius 3 is 2.52 bits per heavy atom. The van der Waals surface area contributed by atoms with E-state index in [-0.39, 0.29) is 11.4 Å². The minimum absolute atomic E-state index is 0.104. The minimum atomic E-state index is -0.104. The third-order valence-electron chi connectivity index (χ3n) is 4.68. The predicted octanol–water partition coefficient (Wildman–Crippen LogP) is 2.39. The van der Waals surface area contributed by atoms with Crippen molar-refractivity contribution >= 4 is 0 Å². The molecule has 9 nitrogen and oxygen atoms in total. The summed E-state index contributed by atoms with van der Waals surface area (Å²) in [6.45, 7) is 1.68. The topological polar surface area (TPSA) is 108 Å². The second kappa shape index (κ2) is 9.41. The van der Waals surface area contributed by atoms with Crippen molar-refractivity contribution in [3.8, 4) is 34.3 Å². The van der Waals surface area contributed by atoms with E-state index in [9.17, 15) is 4.79 Å². The number of methoxy groups -OCH3 is 1. The Morgan fingerprint density at radius 1 is 1.00 bits per heavy atom. The summed E-state index contributed by atoms with van der Waals surface area (Å²) >= 11 is 0. The van der Waals surface area contributed by atoms with E-state index in [1.165, 1.54) is 6.07 Å². The van der Waals surface area contributed by atoms with Crippen molar-refractivity contribution in [2.45, 2.75) is 13.1 Å². The Kier molecular flexibility index (Phi) is 6.25. The van der Waals surface area contributed by atoms with Crippen LogP contribution in [0.2, 0.25) is 0 Å². The number of nitrogens with zero attached hydrogens (tertiary/aromatic N) is 5. The van der Waals surface area contributed by atoms with Crippen molar-refractivity contribution in [2.24, 2.45) is 0 Å². The average Bonchev–Trinajstić information content (AvgIpc) is 3.30. The number of nitrogens with one attached hydrogen (secondary N) is 1. The van der Waals surface area contributed by atoms with Crippen molar-refractivity contribution < 1.29 is 9.15 Å². The molecule has 158 valence electrons. The van der Waals surface area contributed by atoms with Gasteiger partial charge in [0.05, 0.1) is 24.7 Å². The molecule has 3 heterocycles. The molecule has 9 heteroatoms. The Hall–Kier alpha value is -3.69. The van der Waals surface area contributed by atoms with E-state index in [0.29, 0.717) is 30.4 Å². The molecular weight excluding hydrogens is 396 g/mol. The smallest absolute Gasteiger partial charge is 0.268 e. The van der Waals surface area contributed by atoms with E-state index in [0.717, 1.165) is 23.2 Å². The van der Waals surface area contributed by atoms with Gasteiger partial charge in [0.15, 0.2) is 0 Å². The second-order valence-corrected chi connectivity index (χ2v) is 6.87. The van der Waals surface area contributed by atoms with Gasteiger partial charge in [-0.25, -0.2) is 4.98 Å². The highest BCUT2D eigenvalue weighted by molar-refractivity contribution is 5.61. The van der Waals surface area contributed by atoms with Crippen LogP contribution in [0.5, 0.6) is 0 Å². The van der Waals surface area contributed by atoms with Crippen LogP contribution in [0.25, 0.3) is 34.3 Å². The molecule has 31 heavy (non-hydrogen) atoms. The zero-order valence-corrected chi connectivity index (χ0v) is 17.3. The van der Waals surface area contributed by atoms with Crippen LogP contribution in [0.1, 0.15) is 5.56 Å². The molecule has 0 saturated heterocycles. The fourth-order valence-corrected chi connectivity index (χ4v) is 3.07. The molecule has 3 aromatic heterocycles. The number of ether oxygens (including phenoxy) is 1. The van der Waals surface area contributed by atoms with E-state index < -0.39 is 0 Å². The molecule has 1 N–H and O–H groups in total. The Labute approximate surface area is 178 Å².